The second-order valence-corrected chi connectivity index (χ2v) is 7.24. The Labute approximate surface area is 167 Å². The van der Waals surface area contributed by atoms with Crippen molar-refractivity contribution in [1.29, 1.82) is 0 Å². The molecule has 0 saturated heterocycles. The Morgan fingerprint density at radius 2 is 1.82 bits per heavy atom. The van der Waals surface area contributed by atoms with Crippen LogP contribution in [0.1, 0.15) is 11.1 Å². The van der Waals surface area contributed by atoms with Crippen LogP contribution in [0.5, 0.6) is 5.75 Å². The molecule has 0 N–H and O–H groups in total. The monoisotopic (exact) mass is 389 g/mol. The molecule has 0 aliphatic heterocycles. The van der Waals surface area contributed by atoms with Gasteiger partial charge in [-0.05, 0) is 41.5 Å². The standard InChI is InChI=1S/C22H19N3O2S/c1-27-18-10-8-16(9-11-18)14-25-21(26)19-6-2-3-7-20(19)24-22(25)28-15-17-5-4-12-23-13-17/h2-13H,14-15H2,1H3. The first kappa shape index (κ1) is 18.3. The van der Waals surface area contributed by atoms with Crippen LogP contribution in [-0.4, -0.2) is 21.6 Å². The number of methoxy groups -OCH3 is 1. The van der Waals surface area contributed by atoms with Gasteiger partial charge in [0.25, 0.3) is 5.56 Å². The average molecular weight is 389 g/mol. The molecule has 0 spiro atoms. The molecule has 140 valence electrons. The summed E-state index contributed by atoms with van der Waals surface area (Å²) in [4.78, 5) is 22.1. The van der Waals surface area contributed by atoms with Gasteiger partial charge in [0.1, 0.15) is 5.75 Å². The Morgan fingerprint density at radius 1 is 1.00 bits per heavy atom. The number of para-hydroxylation sites is 1. The quantitative estimate of drug-likeness (QED) is 0.366. The van der Waals surface area contributed by atoms with Crippen molar-refractivity contribution >= 4 is 22.7 Å². The molecule has 0 amide bonds. The lowest BCUT2D eigenvalue weighted by Gasteiger charge is -2.13. The molecule has 0 aliphatic rings. The highest BCUT2D eigenvalue weighted by atomic mass is 32.2. The predicted octanol–water partition coefficient (Wildman–Crippen LogP) is 4.14. The van der Waals surface area contributed by atoms with Gasteiger partial charge in [-0.3, -0.25) is 14.3 Å². The number of ether oxygens (including phenoxy) is 1. The maximum atomic E-state index is 13.2. The van der Waals surface area contributed by atoms with E-state index in [1.165, 1.54) is 0 Å². The van der Waals surface area contributed by atoms with E-state index in [9.17, 15) is 4.79 Å². The first-order chi connectivity index (χ1) is 13.7. The summed E-state index contributed by atoms with van der Waals surface area (Å²) >= 11 is 1.54. The van der Waals surface area contributed by atoms with Crippen molar-refractivity contribution in [2.45, 2.75) is 17.5 Å². The zero-order valence-electron chi connectivity index (χ0n) is 15.4. The molecule has 2 aromatic heterocycles. The van der Waals surface area contributed by atoms with Crippen LogP contribution in [0.3, 0.4) is 0 Å². The molecule has 2 aromatic carbocycles. The lowest BCUT2D eigenvalue weighted by atomic mass is 10.2. The largest absolute Gasteiger partial charge is 0.497 e. The van der Waals surface area contributed by atoms with Gasteiger partial charge >= 0.3 is 0 Å². The minimum absolute atomic E-state index is 0.0323. The van der Waals surface area contributed by atoms with E-state index in [-0.39, 0.29) is 5.56 Å². The molecule has 0 aliphatic carbocycles. The van der Waals surface area contributed by atoms with E-state index in [0.29, 0.717) is 28.4 Å². The second kappa shape index (κ2) is 8.27. The molecule has 4 rings (SSSR count). The van der Waals surface area contributed by atoms with Crippen molar-refractivity contribution in [2.75, 3.05) is 7.11 Å². The molecule has 5 nitrogen and oxygen atoms in total. The Bertz CT molecular complexity index is 1140. The van der Waals surface area contributed by atoms with Crippen molar-refractivity contribution in [2.24, 2.45) is 0 Å². The first-order valence-corrected chi connectivity index (χ1v) is 9.87. The highest BCUT2D eigenvalue weighted by Crippen LogP contribution is 2.23. The van der Waals surface area contributed by atoms with Crippen LogP contribution in [0.15, 0.2) is 83.0 Å². The van der Waals surface area contributed by atoms with Crippen LogP contribution in [0.2, 0.25) is 0 Å². The highest BCUT2D eigenvalue weighted by Gasteiger charge is 2.12. The summed E-state index contributed by atoms with van der Waals surface area (Å²) in [5.41, 5.74) is 2.79. The number of hydrogen-bond acceptors (Lipinski definition) is 5. The van der Waals surface area contributed by atoms with E-state index < -0.39 is 0 Å². The number of nitrogens with zero attached hydrogens (tertiary/aromatic N) is 3. The lowest BCUT2D eigenvalue weighted by molar-refractivity contribution is 0.414. The van der Waals surface area contributed by atoms with Crippen LogP contribution >= 0.6 is 11.8 Å². The maximum absolute atomic E-state index is 13.2. The molecular formula is C22H19N3O2S. The van der Waals surface area contributed by atoms with Crippen molar-refractivity contribution < 1.29 is 4.74 Å². The number of rotatable bonds is 6. The van der Waals surface area contributed by atoms with Crippen molar-refractivity contribution in [1.82, 2.24) is 14.5 Å². The Kier molecular flexibility index (Phi) is 5.39. The number of thioether (sulfide) groups is 1. The van der Waals surface area contributed by atoms with Crippen LogP contribution < -0.4 is 10.3 Å². The molecule has 0 atom stereocenters. The van der Waals surface area contributed by atoms with E-state index in [1.807, 2.05) is 66.9 Å². The number of hydrogen-bond donors (Lipinski definition) is 0. The van der Waals surface area contributed by atoms with Gasteiger partial charge in [-0.2, -0.15) is 0 Å². The zero-order valence-corrected chi connectivity index (χ0v) is 16.2. The molecule has 0 radical (unpaired) electrons. The average Bonchev–Trinajstić information content (AvgIpc) is 2.76. The Morgan fingerprint density at radius 3 is 2.57 bits per heavy atom. The van der Waals surface area contributed by atoms with Gasteiger partial charge in [0.2, 0.25) is 0 Å². The number of aromatic nitrogens is 3. The molecule has 4 aromatic rings. The summed E-state index contributed by atoms with van der Waals surface area (Å²) in [5, 5.41) is 1.32. The normalized spacial score (nSPS) is 10.9. The van der Waals surface area contributed by atoms with E-state index in [4.69, 9.17) is 9.72 Å². The van der Waals surface area contributed by atoms with Gasteiger partial charge in [0, 0.05) is 18.1 Å². The highest BCUT2D eigenvalue weighted by molar-refractivity contribution is 7.98. The van der Waals surface area contributed by atoms with Crippen molar-refractivity contribution in [3.05, 3.63) is 94.5 Å². The minimum Gasteiger partial charge on any atom is -0.497 e. The molecule has 0 bridgehead atoms. The summed E-state index contributed by atoms with van der Waals surface area (Å²) in [6.07, 6.45) is 3.59. The van der Waals surface area contributed by atoms with E-state index >= 15 is 0 Å². The van der Waals surface area contributed by atoms with E-state index in [1.54, 1.807) is 29.6 Å². The Balaban J connectivity index is 1.72. The summed E-state index contributed by atoms with van der Waals surface area (Å²) in [6, 6.07) is 19.1. The molecule has 6 heteroatoms. The summed E-state index contributed by atoms with van der Waals surface area (Å²) in [5.74, 6) is 1.49. The van der Waals surface area contributed by atoms with Crippen molar-refractivity contribution in [3.63, 3.8) is 0 Å². The number of fused-ring (bicyclic) bond motifs is 1. The SMILES string of the molecule is COc1ccc(Cn2c(SCc3cccnc3)nc3ccccc3c2=O)cc1. The third-order valence-corrected chi connectivity index (χ3v) is 5.46. The van der Waals surface area contributed by atoms with Gasteiger partial charge in [-0.15, -0.1) is 0 Å². The summed E-state index contributed by atoms with van der Waals surface area (Å²) in [7, 11) is 1.64. The van der Waals surface area contributed by atoms with Crippen molar-refractivity contribution in [3.8, 4) is 5.75 Å². The molecule has 2 heterocycles. The third-order valence-electron chi connectivity index (χ3n) is 4.42. The van der Waals surface area contributed by atoms with Crippen LogP contribution in [0.4, 0.5) is 0 Å². The number of benzene rings is 2. The van der Waals surface area contributed by atoms with Gasteiger partial charge in [-0.25, -0.2) is 4.98 Å². The van der Waals surface area contributed by atoms with Crippen LogP contribution in [-0.2, 0) is 12.3 Å². The molecule has 28 heavy (non-hydrogen) atoms. The lowest BCUT2D eigenvalue weighted by Crippen LogP contribution is -2.24. The molecule has 0 fully saturated rings. The van der Waals surface area contributed by atoms with Gasteiger partial charge < -0.3 is 4.74 Å². The second-order valence-electron chi connectivity index (χ2n) is 6.30. The fourth-order valence-corrected chi connectivity index (χ4v) is 3.87. The van der Waals surface area contributed by atoms with E-state index in [2.05, 4.69) is 4.98 Å². The fraction of sp³-hybridized carbons (Fsp3) is 0.136. The summed E-state index contributed by atoms with van der Waals surface area (Å²) < 4.78 is 6.96. The van der Waals surface area contributed by atoms with Gasteiger partial charge in [0.15, 0.2) is 5.16 Å². The third kappa shape index (κ3) is 3.92. The summed E-state index contributed by atoms with van der Waals surface area (Å²) in [6.45, 7) is 0.454. The maximum Gasteiger partial charge on any atom is 0.262 e. The zero-order chi connectivity index (χ0) is 19.3. The first-order valence-electron chi connectivity index (χ1n) is 8.89. The Hall–Kier alpha value is -3.12. The molecule has 0 saturated carbocycles. The van der Waals surface area contributed by atoms with Crippen LogP contribution in [0, 0.1) is 0 Å². The minimum atomic E-state index is -0.0323. The van der Waals surface area contributed by atoms with E-state index in [0.717, 1.165) is 16.9 Å². The molecule has 0 unspecified atom stereocenters. The number of pyridine rings is 1. The fourth-order valence-electron chi connectivity index (χ4n) is 2.94. The smallest absolute Gasteiger partial charge is 0.262 e. The van der Waals surface area contributed by atoms with Gasteiger partial charge in [0.05, 0.1) is 24.6 Å². The molecular weight excluding hydrogens is 370 g/mol. The topological polar surface area (TPSA) is 57.0 Å². The van der Waals surface area contributed by atoms with Crippen LogP contribution in [0.25, 0.3) is 10.9 Å². The predicted molar refractivity (Wildman–Crippen MR) is 112 cm³/mol. The van der Waals surface area contributed by atoms with Gasteiger partial charge in [-0.1, -0.05) is 42.1 Å².